The molecule has 0 bridgehead atoms. The SMILES string of the molecule is COc1ccc2c(c1OC)C(c1cc(Br)ccc1F)CC(=O)N2. The molecule has 1 aliphatic heterocycles. The Balaban J connectivity index is 2.25. The van der Waals surface area contributed by atoms with Crippen molar-refractivity contribution in [1.29, 1.82) is 0 Å². The van der Waals surface area contributed by atoms with Gasteiger partial charge in [0.05, 0.1) is 14.2 Å². The van der Waals surface area contributed by atoms with E-state index in [2.05, 4.69) is 21.2 Å². The van der Waals surface area contributed by atoms with E-state index in [4.69, 9.17) is 9.47 Å². The predicted octanol–water partition coefficient (Wildman–Crippen LogP) is 4.08. The number of halogens is 2. The first-order valence-corrected chi connectivity index (χ1v) is 7.84. The molecule has 3 rings (SSSR count). The highest BCUT2D eigenvalue weighted by atomic mass is 79.9. The minimum Gasteiger partial charge on any atom is -0.493 e. The van der Waals surface area contributed by atoms with Gasteiger partial charge in [-0.05, 0) is 35.9 Å². The number of benzene rings is 2. The molecule has 4 nitrogen and oxygen atoms in total. The first-order valence-electron chi connectivity index (χ1n) is 7.04. The van der Waals surface area contributed by atoms with Gasteiger partial charge in [-0.2, -0.15) is 0 Å². The summed E-state index contributed by atoms with van der Waals surface area (Å²) in [6.07, 6.45) is 0.143. The van der Waals surface area contributed by atoms with Gasteiger partial charge in [-0.1, -0.05) is 15.9 Å². The molecule has 0 spiro atoms. The summed E-state index contributed by atoms with van der Waals surface area (Å²) in [5.74, 6) is 0.0938. The van der Waals surface area contributed by atoms with Crippen LogP contribution in [-0.2, 0) is 4.79 Å². The maximum Gasteiger partial charge on any atom is 0.225 e. The number of amides is 1. The van der Waals surface area contributed by atoms with E-state index in [-0.39, 0.29) is 18.1 Å². The molecular weight excluding hydrogens is 365 g/mol. The van der Waals surface area contributed by atoms with Gasteiger partial charge in [0.15, 0.2) is 11.5 Å². The van der Waals surface area contributed by atoms with Crippen molar-refractivity contribution >= 4 is 27.5 Å². The normalized spacial score (nSPS) is 16.5. The fraction of sp³-hybridized carbons (Fsp3) is 0.235. The fourth-order valence-corrected chi connectivity index (χ4v) is 3.32. The number of methoxy groups -OCH3 is 2. The quantitative estimate of drug-likeness (QED) is 0.873. The highest BCUT2D eigenvalue weighted by molar-refractivity contribution is 9.10. The summed E-state index contributed by atoms with van der Waals surface area (Å²) < 4.78 is 25.9. The smallest absolute Gasteiger partial charge is 0.225 e. The van der Waals surface area contributed by atoms with Crippen LogP contribution in [0.5, 0.6) is 11.5 Å². The molecule has 1 N–H and O–H groups in total. The standard InChI is InChI=1S/C17H15BrFNO3/c1-22-14-6-5-13-16(17(14)23-2)11(8-15(21)20-13)10-7-9(18)3-4-12(10)19/h3-7,11H,8H2,1-2H3,(H,20,21). The van der Waals surface area contributed by atoms with Crippen molar-refractivity contribution in [3.05, 3.63) is 51.7 Å². The molecular formula is C17H15BrFNO3. The number of nitrogens with one attached hydrogen (secondary N) is 1. The Morgan fingerprint density at radius 1 is 1.22 bits per heavy atom. The summed E-state index contributed by atoms with van der Waals surface area (Å²) in [5, 5.41) is 2.81. The molecule has 6 heteroatoms. The lowest BCUT2D eigenvalue weighted by Gasteiger charge is -2.29. The van der Waals surface area contributed by atoms with E-state index >= 15 is 0 Å². The van der Waals surface area contributed by atoms with E-state index in [1.165, 1.54) is 13.2 Å². The lowest BCUT2D eigenvalue weighted by molar-refractivity contribution is -0.116. The Bertz CT molecular complexity index is 779. The molecule has 2 aromatic rings. The van der Waals surface area contributed by atoms with Gasteiger partial charge in [-0.3, -0.25) is 4.79 Å². The highest BCUT2D eigenvalue weighted by Gasteiger charge is 2.33. The molecule has 1 atom stereocenters. The molecule has 1 unspecified atom stereocenters. The summed E-state index contributed by atoms with van der Waals surface area (Å²) >= 11 is 3.36. The lowest BCUT2D eigenvalue weighted by Crippen LogP contribution is -2.24. The van der Waals surface area contributed by atoms with E-state index in [9.17, 15) is 9.18 Å². The molecule has 120 valence electrons. The van der Waals surface area contributed by atoms with Gasteiger partial charge in [0.1, 0.15) is 5.82 Å². The average Bonchev–Trinajstić information content (AvgIpc) is 2.55. The summed E-state index contributed by atoms with van der Waals surface area (Å²) in [6, 6.07) is 8.18. The number of hydrogen-bond donors (Lipinski definition) is 1. The molecule has 0 aromatic heterocycles. The van der Waals surface area contributed by atoms with Crippen molar-refractivity contribution in [2.24, 2.45) is 0 Å². The van der Waals surface area contributed by atoms with Gasteiger partial charge < -0.3 is 14.8 Å². The van der Waals surface area contributed by atoms with Crippen LogP contribution in [0.1, 0.15) is 23.5 Å². The molecule has 2 aromatic carbocycles. The average molecular weight is 380 g/mol. The zero-order valence-electron chi connectivity index (χ0n) is 12.7. The number of carbonyl (C=O) groups excluding carboxylic acids is 1. The number of rotatable bonds is 3. The third kappa shape index (κ3) is 2.79. The van der Waals surface area contributed by atoms with Gasteiger partial charge in [0, 0.05) is 28.1 Å². The van der Waals surface area contributed by atoms with E-state index in [1.54, 1.807) is 31.4 Å². The predicted molar refractivity (Wildman–Crippen MR) is 88.7 cm³/mol. The van der Waals surface area contributed by atoms with Crippen LogP contribution >= 0.6 is 15.9 Å². The number of carbonyl (C=O) groups is 1. The van der Waals surface area contributed by atoms with E-state index in [0.29, 0.717) is 22.7 Å². The topological polar surface area (TPSA) is 47.6 Å². The van der Waals surface area contributed by atoms with Gasteiger partial charge in [-0.25, -0.2) is 4.39 Å². The van der Waals surface area contributed by atoms with Crippen molar-refractivity contribution in [1.82, 2.24) is 0 Å². The zero-order valence-corrected chi connectivity index (χ0v) is 14.2. The Hall–Kier alpha value is -2.08. The van der Waals surface area contributed by atoms with E-state index in [0.717, 1.165) is 10.0 Å². The van der Waals surface area contributed by atoms with Crippen molar-refractivity contribution in [3.63, 3.8) is 0 Å². The largest absolute Gasteiger partial charge is 0.493 e. The Morgan fingerprint density at radius 3 is 2.70 bits per heavy atom. The molecule has 0 saturated heterocycles. The first-order chi connectivity index (χ1) is 11.0. The number of ether oxygens (including phenoxy) is 2. The monoisotopic (exact) mass is 379 g/mol. The maximum absolute atomic E-state index is 14.4. The minimum atomic E-state index is -0.443. The molecule has 1 heterocycles. The number of fused-ring (bicyclic) bond motifs is 1. The van der Waals surface area contributed by atoms with Crippen LogP contribution in [0.4, 0.5) is 10.1 Å². The Kier molecular flexibility index (Phi) is 4.26. The Labute approximate surface area is 141 Å². The second-order valence-electron chi connectivity index (χ2n) is 5.23. The van der Waals surface area contributed by atoms with Gasteiger partial charge in [-0.15, -0.1) is 0 Å². The van der Waals surface area contributed by atoms with E-state index < -0.39 is 5.92 Å². The summed E-state index contributed by atoms with van der Waals surface area (Å²) in [6.45, 7) is 0. The lowest BCUT2D eigenvalue weighted by atomic mass is 9.83. The van der Waals surface area contributed by atoms with Crippen LogP contribution in [0.25, 0.3) is 0 Å². The number of hydrogen-bond acceptors (Lipinski definition) is 3. The second kappa shape index (κ2) is 6.20. The molecule has 0 saturated carbocycles. The minimum absolute atomic E-state index is 0.143. The maximum atomic E-state index is 14.4. The molecule has 23 heavy (non-hydrogen) atoms. The van der Waals surface area contributed by atoms with Crippen LogP contribution in [-0.4, -0.2) is 20.1 Å². The third-order valence-corrected chi connectivity index (χ3v) is 4.42. The second-order valence-corrected chi connectivity index (χ2v) is 6.15. The summed E-state index contributed by atoms with van der Waals surface area (Å²) in [4.78, 5) is 12.0. The van der Waals surface area contributed by atoms with Crippen LogP contribution in [0.3, 0.4) is 0 Å². The van der Waals surface area contributed by atoms with Crippen molar-refractivity contribution in [2.45, 2.75) is 12.3 Å². The molecule has 1 aliphatic rings. The third-order valence-electron chi connectivity index (χ3n) is 3.93. The van der Waals surface area contributed by atoms with Crippen LogP contribution < -0.4 is 14.8 Å². The summed E-state index contributed by atoms with van der Waals surface area (Å²) in [5.41, 5.74) is 1.79. The van der Waals surface area contributed by atoms with Crippen molar-refractivity contribution < 1.29 is 18.7 Å². The molecule has 0 fully saturated rings. The van der Waals surface area contributed by atoms with Gasteiger partial charge in [0.25, 0.3) is 0 Å². The first kappa shape index (κ1) is 15.8. The Morgan fingerprint density at radius 2 is 2.00 bits per heavy atom. The van der Waals surface area contributed by atoms with Crippen LogP contribution in [0, 0.1) is 5.82 Å². The molecule has 1 amide bonds. The highest BCUT2D eigenvalue weighted by Crippen LogP contribution is 2.47. The van der Waals surface area contributed by atoms with Gasteiger partial charge >= 0.3 is 0 Å². The van der Waals surface area contributed by atoms with Crippen molar-refractivity contribution in [3.8, 4) is 11.5 Å². The van der Waals surface area contributed by atoms with Gasteiger partial charge in [0.2, 0.25) is 5.91 Å². The fourth-order valence-electron chi connectivity index (χ4n) is 2.94. The van der Waals surface area contributed by atoms with Crippen LogP contribution in [0.2, 0.25) is 0 Å². The number of anilines is 1. The van der Waals surface area contributed by atoms with Crippen LogP contribution in [0.15, 0.2) is 34.8 Å². The van der Waals surface area contributed by atoms with Crippen molar-refractivity contribution in [2.75, 3.05) is 19.5 Å². The summed E-state index contributed by atoms with van der Waals surface area (Å²) in [7, 11) is 3.07. The zero-order chi connectivity index (χ0) is 16.6. The molecule has 0 radical (unpaired) electrons. The van der Waals surface area contributed by atoms with E-state index in [1.807, 2.05) is 0 Å². The molecule has 0 aliphatic carbocycles.